The van der Waals surface area contributed by atoms with Gasteiger partial charge < -0.3 is 15.5 Å². The zero-order valence-corrected chi connectivity index (χ0v) is 16.3. The second kappa shape index (κ2) is 10.1. The largest absolute Gasteiger partial charge is 0.326 e. The van der Waals surface area contributed by atoms with Crippen molar-refractivity contribution in [3.8, 4) is 0 Å². The summed E-state index contributed by atoms with van der Waals surface area (Å²) in [5.74, 6) is 0.0936. The number of anilines is 2. The molecule has 2 N–H and O–H groups in total. The molecule has 0 aromatic heterocycles. The van der Waals surface area contributed by atoms with Crippen molar-refractivity contribution in [2.75, 3.05) is 30.4 Å². The minimum atomic E-state index is -0.0203. The first-order valence-electron chi connectivity index (χ1n) is 9.09. The van der Waals surface area contributed by atoms with Gasteiger partial charge in [-0.25, -0.2) is 0 Å². The molecule has 0 saturated carbocycles. The molecule has 3 rings (SSSR count). The van der Waals surface area contributed by atoms with E-state index < -0.39 is 0 Å². The van der Waals surface area contributed by atoms with Crippen LogP contribution >= 0.6 is 12.4 Å². The summed E-state index contributed by atoms with van der Waals surface area (Å²) in [5, 5.41) is 5.81. The molecule has 1 aliphatic rings. The zero-order chi connectivity index (χ0) is 18.4. The van der Waals surface area contributed by atoms with Crippen LogP contribution in [0.3, 0.4) is 0 Å². The number of fused-ring (bicyclic) bond motifs is 1. The summed E-state index contributed by atoms with van der Waals surface area (Å²) in [5.41, 5.74) is 3.99. The lowest BCUT2D eigenvalue weighted by atomic mass is 10.0. The fourth-order valence-electron chi connectivity index (χ4n) is 3.23. The molecule has 5 nitrogen and oxygen atoms in total. The Balaban J connectivity index is 0.00000261. The fraction of sp³-hybridized carbons (Fsp3) is 0.333. The van der Waals surface area contributed by atoms with Crippen molar-refractivity contribution in [3.05, 3.63) is 59.7 Å². The van der Waals surface area contributed by atoms with E-state index in [0.29, 0.717) is 19.4 Å². The summed E-state index contributed by atoms with van der Waals surface area (Å²) in [6.45, 7) is 1.42. The summed E-state index contributed by atoms with van der Waals surface area (Å²) in [6.07, 6.45) is 2.83. The lowest BCUT2D eigenvalue weighted by Crippen LogP contribution is -2.36. The SMILES string of the molecule is CNCCC(=O)Nc1ccc(CC(=O)N2CCCc3ccccc32)cc1.Cl. The number of amides is 2. The predicted molar refractivity (Wildman–Crippen MR) is 112 cm³/mol. The molecule has 0 unspecified atom stereocenters. The number of nitrogens with one attached hydrogen (secondary N) is 2. The van der Waals surface area contributed by atoms with Gasteiger partial charge in [0.15, 0.2) is 0 Å². The van der Waals surface area contributed by atoms with E-state index >= 15 is 0 Å². The normalized spacial score (nSPS) is 12.7. The van der Waals surface area contributed by atoms with Gasteiger partial charge in [-0.15, -0.1) is 12.4 Å². The van der Waals surface area contributed by atoms with Crippen LogP contribution < -0.4 is 15.5 Å². The molecule has 0 fully saturated rings. The lowest BCUT2D eigenvalue weighted by Gasteiger charge is -2.29. The Morgan fingerprint density at radius 1 is 1.07 bits per heavy atom. The zero-order valence-electron chi connectivity index (χ0n) is 15.5. The Hall–Kier alpha value is -2.37. The van der Waals surface area contributed by atoms with E-state index in [2.05, 4.69) is 16.7 Å². The number of nitrogens with zero attached hydrogens (tertiary/aromatic N) is 1. The summed E-state index contributed by atoms with van der Waals surface area (Å²) >= 11 is 0. The fourth-order valence-corrected chi connectivity index (χ4v) is 3.23. The molecular formula is C21H26ClN3O2. The average molecular weight is 388 g/mol. The van der Waals surface area contributed by atoms with Crippen molar-refractivity contribution < 1.29 is 9.59 Å². The molecule has 0 aliphatic carbocycles. The van der Waals surface area contributed by atoms with E-state index in [1.165, 1.54) is 5.56 Å². The third-order valence-electron chi connectivity index (χ3n) is 4.61. The van der Waals surface area contributed by atoms with Crippen LogP contribution in [0, 0.1) is 0 Å². The second-order valence-electron chi connectivity index (χ2n) is 6.55. The van der Waals surface area contributed by atoms with Gasteiger partial charge in [-0.2, -0.15) is 0 Å². The minimum Gasteiger partial charge on any atom is -0.326 e. The van der Waals surface area contributed by atoms with Crippen molar-refractivity contribution in [2.45, 2.75) is 25.7 Å². The van der Waals surface area contributed by atoms with E-state index in [1.807, 2.05) is 54.4 Å². The minimum absolute atomic E-state index is 0. The molecule has 0 atom stereocenters. The topological polar surface area (TPSA) is 61.4 Å². The third kappa shape index (κ3) is 5.55. The van der Waals surface area contributed by atoms with Gasteiger partial charge in [-0.1, -0.05) is 30.3 Å². The Kier molecular flexibility index (Phi) is 7.82. The van der Waals surface area contributed by atoms with Crippen molar-refractivity contribution in [3.63, 3.8) is 0 Å². The molecule has 2 aromatic rings. The van der Waals surface area contributed by atoms with Gasteiger partial charge in [0, 0.05) is 30.9 Å². The van der Waals surface area contributed by atoms with Crippen LogP contribution in [0.15, 0.2) is 48.5 Å². The lowest BCUT2D eigenvalue weighted by molar-refractivity contribution is -0.118. The molecule has 27 heavy (non-hydrogen) atoms. The first-order chi connectivity index (χ1) is 12.7. The van der Waals surface area contributed by atoms with Crippen molar-refractivity contribution in [2.24, 2.45) is 0 Å². The molecule has 0 saturated heterocycles. The smallest absolute Gasteiger partial charge is 0.231 e. The number of carbonyl (C=O) groups excluding carboxylic acids is 2. The number of halogens is 1. The van der Waals surface area contributed by atoms with Gasteiger partial charge in [0.05, 0.1) is 6.42 Å². The van der Waals surface area contributed by atoms with E-state index in [0.717, 1.165) is 36.3 Å². The Bertz CT molecular complexity index is 777. The Morgan fingerprint density at radius 3 is 2.56 bits per heavy atom. The molecule has 2 aromatic carbocycles. The number of hydrogen-bond donors (Lipinski definition) is 2. The van der Waals surface area contributed by atoms with Crippen molar-refractivity contribution in [1.29, 1.82) is 0 Å². The van der Waals surface area contributed by atoms with Crippen molar-refractivity contribution >= 4 is 35.6 Å². The summed E-state index contributed by atoms with van der Waals surface area (Å²) in [6, 6.07) is 15.6. The van der Waals surface area contributed by atoms with Crippen LogP contribution in [0.1, 0.15) is 24.0 Å². The van der Waals surface area contributed by atoms with Crippen LogP contribution in [0.2, 0.25) is 0 Å². The van der Waals surface area contributed by atoms with Crippen LogP contribution in [-0.4, -0.2) is 32.0 Å². The maximum atomic E-state index is 12.8. The van der Waals surface area contributed by atoms with Crippen LogP contribution in [0.5, 0.6) is 0 Å². The molecule has 1 heterocycles. The molecule has 2 amide bonds. The van der Waals surface area contributed by atoms with Gasteiger partial charge in [0.1, 0.15) is 0 Å². The number of hydrogen-bond acceptors (Lipinski definition) is 3. The number of aryl methyl sites for hydroxylation is 1. The summed E-state index contributed by atoms with van der Waals surface area (Å²) in [7, 11) is 1.82. The highest BCUT2D eigenvalue weighted by Gasteiger charge is 2.22. The van der Waals surface area contributed by atoms with Crippen LogP contribution in [0.25, 0.3) is 0 Å². The molecule has 0 spiro atoms. The standard InChI is InChI=1S/C21H25N3O2.ClH/c1-22-13-12-20(25)23-18-10-8-16(9-11-18)15-21(26)24-14-4-6-17-5-2-3-7-19(17)24;/h2-3,5,7-11,22H,4,6,12-15H2,1H3,(H,23,25);1H. The molecule has 6 heteroatoms. The van der Waals surface area contributed by atoms with E-state index in [4.69, 9.17) is 0 Å². The summed E-state index contributed by atoms with van der Waals surface area (Å²) in [4.78, 5) is 26.4. The molecule has 1 aliphatic heterocycles. The summed E-state index contributed by atoms with van der Waals surface area (Å²) < 4.78 is 0. The highest BCUT2D eigenvalue weighted by molar-refractivity contribution is 5.96. The first kappa shape index (κ1) is 20.9. The van der Waals surface area contributed by atoms with E-state index in [1.54, 1.807) is 0 Å². The maximum Gasteiger partial charge on any atom is 0.231 e. The highest BCUT2D eigenvalue weighted by Crippen LogP contribution is 2.27. The van der Waals surface area contributed by atoms with Gasteiger partial charge in [0.25, 0.3) is 0 Å². The molecule has 0 bridgehead atoms. The quantitative estimate of drug-likeness (QED) is 0.800. The molecule has 0 radical (unpaired) electrons. The first-order valence-corrected chi connectivity index (χ1v) is 9.09. The average Bonchev–Trinajstić information content (AvgIpc) is 2.67. The Morgan fingerprint density at radius 2 is 1.81 bits per heavy atom. The molecular weight excluding hydrogens is 362 g/mol. The van der Waals surface area contributed by atoms with Crippen LogP contribution in [-0.2, 0) is 22.4 Å². The van der Waals surface area contributed by atoms with Gasteiger partial charge in [-0.3, -0.25) is 9.59 Å². The Labute approximate surface area is 166 Å². The van der Waals surface area contributed by atoms with Gasteiger partial charge in [0.2, 0.25) is 11.8 Å². The van der Waals surface area contributed by atoms with Crippen molar-refractivity contribution in [1.82, 2.24) is 5.32 Å². The number of para-hydroxylation sites is 1. The number of rotatable bonds is 6. The van der Waals surface area contributed by atoms with Gasteiger partial charge in [-0.05, 0) is 49.2 Å². The molecule has 144 valence electrons. The van der Waals surface area contributed by atoms with Crippen LogP contribution in [0.4, 0.5) is 11.4 Å². The predicted octanol–water partition coefficient (Wildman–Crippen LogP) is 3.18. The highest BCUT2D eigenvalue weighted by atomic mass is 35.5. The van der Waals surface area contributed by atoms with E-state index in [-0.39, 0.29) is 24.2 Å². The third-order valence-corrected chi connectivity index (χ3v) is 4.61. The maximum absolute atomic E-state index is 12.8. The second-order valence-corrected chi connectivity index (χ2v) is 6.55. The van der Waals surface area contributed by atoms with Gasteiger partial charge >= 0.3 is 0 Å². The number of benzene rings is 2. The van der Waals surface area contributed by atoms with E-state index in [9.17, 15) is 9.59 Å². The number of carbonyl (C=O) groups is 2. The monoisotopic (exact) mass is 387 g/mol.